The number of ether oxygens (including phenoxy) is 2. The zero-order valence-corrected chi connectivity index (χ0v) is 13.6. The summed E-state index contributed by atoms with van der Waals surface area (Å²) < 4.78 is 34.9. The molecule has 1 aromatic carbocycles. The van der Waals surface area contributed by atoms with Crippen molar-refractivity contribution in [2.45, 2.75) is 13.2 Å². The topological polar surface area (TPSA) is 98.7 Å². The number of aromatic nitrogens is 1. The molecule has 0 atom stereocenters. The summed E-state index contributed by atoms with van der Waals surface area (Å²) >= 11 is 0. The van der Waals surface area contributed by atoms with Crippen molar-refractivity contribution < 1.29 is 27.8 Å². The van der Waals surface area contributed by atoms with Crippen molar-refractivity contribution in [3.05, 3.63) is 58.5 Å². The lowest BCUT2D eigenvalue weighted by Gasteiger charge is -2.12. The Morgan fingerprint density at radius 3 is 2.58 bits per heavy atom. The van der Waals surface area contributed by atoms with Gasteiger partial charge < -0.3 is 14.0 Å². The molecule has 2 aromatic rings. The van der Waals surface area contributed by atoms with E-state index in [1.807, 2.05) is 0 Å². The summed E-state index contributed by atoms with van der Waals surface area (Å²) in [5.41, 5.74) is 3.98. The number of carbonyl (C=O) groups is 2. The fourth-order valence-corrected chi connectivity index (χ4v) is 1.99. The van der Waals surface area contributed by atoms with Gasteiger partial charge in [0.2, 0.25) is 0 Å². The number of rotatable bonds is 6. The molecule has 0 aliphatic heterocycles. The number of pyridine rings is 1. The number of halogens is 2. The number of benzene rings is 1. The molecule has 0 fully saturated rings. The number of hydrazine groups is 1. The van der Waals surface area contributed by atoms with E-state index in [4.69, 9.17) is 4.74 Å². The first-order valence-electron chi connectivity index (χ1n) is 7.28. The van der Waals surface area contributed by atoms with Gasteiger partial charge in [0.15, 0.2) is 11.5 Å². The highest BCUT2D eigenvalue weighted by atomic mass is 19.3. The summed E-state index contributed by atoms with van der Waals surface area (Å²) in [4.78, 5) is 35.3. The van der Waals surface area contributed by atoms with E-state index in [9.17, 15) is 23.2 Å². The average molecular weight is 367 g/mol. The number of nitrogens with zero attached hydrogens (tertiary/aromatic N) is 1. The van der Waals surface area contributed by atoms with Crippen LogP contribution in [0.4, 0.5) is 8.78 Å². The Kier molecular flexibility index (Phi) is 6.25. The fraction of sp³-hybridized carbons (Fsp3) is 0.188. The minimum absolute atomic E-state index is 0.0423. The van der Waals surface area contributed by atoms with Gasteiger partial charge in [0.1, 0.15) is 6.54 Å². The van der Waals surface area contributed by atoms with E-state index >= 15 is 0 Å². The van der Waals surface area contributed by atoms with E-state index in [0.29, 0.717) is 0 Å². The normalized spacial score (nSPS) is 10.3. The quantitative estimate of drug-likeness (QED) is 0.740. The molecule has 2 amide bonds. The number of hydrogen-bond acceptors (Lipinski definition) is 5. The lowest BCUT2D eigenvalue weighted by atomic mass is 10.2. The van der Waals surface area contributed by atoms with Crippen molar-refractivity contribution in [1.82, 2.24) is 15.4 Å². The molecule has 2 N–H and O–H groups in total. The Labute approximate surface area is 146 Å². The second kappa shape index (κ2) is 8.60. The monoisotopic (exact) mass is 367 g/mol. The van der Waals surface area contributed by atoms with Gasteiger partial charge in [0.05, 0.1) is 7.11 Å². The van der Waals surface area contributed by atoms with Gasteiger partial charge >= 0.3 is 6.61 Å². The van der Waals surface area contributed by atoms with E-state index in [1.54, 1.807) is 6.07 Å². The molecular formula is C16H15F2N3O5. The number of alkyl halides is 2. The van der Waals surface area contributed by atoms with Crippen molar-refractivity contribution in [1.29, 1.82) is 0 Å². The summed E-state index contributed by atoms with van der Waals surface area (Å²) in [7, 11) is 1.23. The van der Waals surface area contributed by atoms with Crippen LogP contribution >= 0.6 is 0 Å². The molecule has 0 radical (unpaired) electrons. The highest BCUT2D eigenvalue weighted by Crippen LogP contribution is 2.29. The molecule has 0 unspecified atom stereocenters. The van der Waals surface area contributed by atoms with E-state index in [0.717, 1.165) is 10.6 Å². The molecule has 0 bridgehead atoms. The maximum absolute atomic E-state index is 12.3. The lowest BCUT2D eigenvalue weighted by Crippen LogP contribution is -2.44. The van der Waals surface area contributed by atoms with Crippen LogP contribution in [0.2, 0.25) is 0 Å². The van der Waals surface area contributed by atoms with Crippen LogP contribution in [-0.4, -0.2) is 30.1 Å². The Bertz CT molecular complexity index is 854. The molecule has 8 nitrogen and oxygen atoms in total. The molecule has 1 heterocycles. The van der Waals surface area contributed by atoms with E-state index in [2.05, 4.69) is 15.6 Å². The number of carbonyl (C=O) groups excluding carboxylic acids is 2. The van der Waals surface area contributed by atoms with Crippen molar-refractivity contribution in [3.8, 4) is 11.5 Å². The van der Waals surface area contributed by atoms with Crippen LogP contribution in [0.5, 0.6) is 11.5 Å². The maximum Gasteiger partial charge on any atom is 0.387 e. The molecule has 0 saturated carbocycles. The number of hydrogen-bond donors (Lipinski definition) is 2. The predicted octanol–water partition coefficient (Wildman–Crippen LogP) is 0.919. The van der Waals surface area contributed by atoms with Crippen molar-refractivity contribution in [2.24, 2.45) is 0 Å². The van der Waals surface area contributed by atoms with Gasteiger partial charge in [-0.25, -0.2) is 0 Å². The molecule has 2 rings (SSSR count). The second-order valence-corrected chi connectivity index (χ2v) is 4.91. The zero-order chi connectivity index (χ0) is 19.1. The molecule has 26 heavy (non-hydrogen) atoms. The molecule has 0 spiro atoms. The molecule has 0 aliphatic rings. The highest BCUT2D eigenvalue weighted by molar-refractivity contribution is 5.96. The zero-order valence-electron chi connectivity index (χ0n) is 13.6. The van der Waals surface area contributed by atoms with Gasteiger partial charge in [-0.15, -0.1) is 0 Å². The van der Waals surface area contributed by atoms with Crippen LogP contribution < -0.4 is 25.9 Å². The Morgan fingerprint density at radius 1 is 1.15 bits per heavy atom. The van der Waals surface area contributed by atoms with Crippen LogP contribution in [0.25, 0.3) is 0 Å². The minimum atomic E-state index is -3.04. The van der Waals surface area contributed by atoms with Gasteiger partial charge in [-0.2, -0.15) is 8.78 Å². The predicted molar refractivity (Wildman–Crippen MR) is 85.9 cm³/mol. The minimum Gasteiger partial charge on any atom is -0.493 e. The largest absolute Gasteiger partial charge is 0.493 e. The summed E-state index contributed by atoms with van der Waals surface area (Å²) in [6, 6.07) is 7.96. The average Bonchev–Trinajstić information content (AvgIpc) is 2.61. The van der Waals surface area contributed by atoms with Gasteiger partial charge in [-0.1, -0.05) is 6.07 Å². The van der Waals surface area contributed by atoms with Crippen molar-refractivity contribution in [2.75, 3.05) is 7.11 Å². The van der Waals surface area contributed by atoms with E-state index in [-0.39, 0.29) is 29.2 Å². The smallest absolute Gasteiger partial charge is 0.387 e. The Balaban J connectivity index is 1.98. The third kappa shape index (κ3) is 5.03. The molecular weight excluding hydrogens is 352 g/mol. The van der Waals surface area contributed by atoms with E-state index < -0.39 is 18.4 Å². The molecule has 138 valence electrons. The van der Waals surface area contributed by atoms with Crippen LogP contribution in [0.1, 0.15) is 10.4 Å². The molecule has 10 heteroatoms. The van der Waals surface area contributed by atoms with Crippen molar-refractivity contribution >= 4 is 11.8 Å². The third-order valence-corrected chi connectivity index (χ3v) is 3.17. The van der Waals surface area contributed by atoms with Crippen LogP contribution in [-0.2, 0) is 11.3 Å². The van der Waals surface area contributed by atoms with Gasteiger partial charge in [-0.3, -0.25) is 25.2 Å². The SMILES string of the molecule is COc1cc(C(=O)NNC(=O)Cn2ccccc2=O)ccc1OC(F)F. The van der Waals surface area contributed by atoms with E-state index in [1.165, 1.54) is 37.6 Å². The number of methoxy groups -OCH3 is 1. The van der Waals surface area contributed by atoms with Crippen LogP contribution in [0.15, 0.2) is 47.4 Å². The summed E-state index contributed by atoms with van der Waals surface area (Å²) in [5.74, 6) is -1.64. The third-order valence-electron chi connectivity index (χ3n) is 3.17. The van der Waals surface area contributed by atoms with Crippen LogP contribution in [0.3, 0.4) is 0 Å². The Hall–Kier alpha value is -3.43. The van der Waals surface area contributed by atoms with Gasteiger partial charge in [0.25, 0.3) is 17.4 Å². The standard InChI is InChI=1S/C16H15F2N3O5/c1-25-12-8-10(5-6-11(12)26-16(17)18)15(24)20-19-13(22)9-21-7-3-2-4-14(21)23/h2-8,16H,9H2,1H3,(H,19,22)(H,20,24). The first-order valence-corrected chi connectivity index (χ1v) is 7.28. The first-order chi connectivity index (χ1) is 12.4. The van der Waals surface area contributed by atoms with Crippen LogP contribution in [0, 0.1) is 0 Å². The molecule has 0 saturated heterocycles. The summed E-state index contributed by atoms with van der Waals surface area (Å²) in [6.07, 6.45) is 1.43. The Morgan fingerprint density at radius 2 is 1.92 bits per heavy atom. The van der Waals surface area contributed by atoms with Crippen molar-refractivity contribution in [3.63, 3.8) is 0 Å². The lowest BCUT2D eigenvalue weighted by molar-refractivity contribution is -0.122. The van der Waals surface area contributed by atoms with Gasteiger partial charge in [-0.05, 0) is 24.3 Å². The first kappa shape index (κ1) is 18.9. The second-order valence-electron chi connectivity index (χ2n) is 4.91. The number of amides is 2. The van der Waals surface area contributed by atoms with Gasteiger partial charge in [0, 0.05) is 17.8 Å². The molecule has 0 aliphatic carbocycles. The molecule has 1 aromatic heterocycles. The summed E-state index contributed by atoms with van der Waals surface area (Å²) in [5, 5.41) is 0. The highest BCUT2D eigenvalue weighted by Gasteiger charge is 2.14. The summed E-state index contributed by atoms with van der Waals surface area (Å²) in [6.45, 7) is -3.32. The fourth-order valence-electron chi connectivity index (χ4n) is 1.99. The number of nitrogens with one attached hydrogen (secondary N) is 2. The maximum atomic E-state index is 12.3.